The van der Waals surface area contributed by atoms with E-state index in [9.17, 15) is 0 Å². The molecule has 1 aromatic carbocycles. The lowest BCUT2D eigenvalue weighted by Crippen LogP contribution is -2.34. The number of benzene rings is 1. The average Bonchev–Trinajstić information content (AvgIpc) is 3.09. The van der Waals surface area contributed by atoms with Crippen LogP contribution in [0.5, 0.6) is 0 Å². The Kier molecular flexibility index (Phi) is 4.68. The number of aromatic nitrogens is 1. The van der Waals surface area contributed by atoms with Crippen molar-refractivity contribution in [3.05, 3.63) is 52.0 Å². The topological polar surface area (TPSA) is 28.2 Å². The fourth-order valence-electron chi connectivity index (χ4n) is 3.11. The molecule has 1 aliphatic rings. The van der Waals surface area contributed by atoms with Crippen molar-refractivity contribution in [1.29, 1.82) is 0 Å². The van der Waals surface area contributed by atoms with Crippen LogP contribution in [0, 0.1) is 6.92 Å². The van der Waals surface area contributed by atoms with Crippen molar-refractivity contribution in [2.45, 2.75) is 38.9 Å². The quantitative estimate of drug-likeness (QED) is 0.917. The Bertz CT molecular complexity index is 566. The number of likely N-dealkylation sites (tertiary alicyclic amines) is 1. The Labute approximate surface area is 131 Å². The van der Waals surface area contributed by atoms with Gasteiger partial charge in [0.15, 0.2) is 0 Å². The molecule has 0 spiro atoms. The molecule has 2 aromatic rings. The smallest absolute Gasteiger partial charge is 0.0798 e. The van der Waals surface area contributed by atoms with Gasteiger partial charge in [-0.1, -0.05) is 30.3 Å². The number of nitrogens with one attached hydrogen (secondary N) is 1. The molecule has 1 aromatic heterocycles. The maximum absolute atomic E-state index is 4.35. The molecule has 1 saturated heterocycles. The molecule has 1 aliphatic heterocycles. The highest BCUT2D eigenvalue weighted by atomic mass is 32.1. The van der Waals surface area contributed by atoms with E-state index in [-0.39, 0.29) is 0 Å². The Balaban J connectivity index is 1.52. The van der Waals surface area contributed by atoms with Crippen LogP contribution < -0.4 is 5.32 Å². The highest BCUT2D eigenvalue weighted by Crippen LogP contribution is 2.23. The molecule has 2 heterocycles. The number of aryl methyl sites for hydroxylation is 1. The number of nitrogens with zero attached hydrogens (tertiary/aromatic N) is 2. The summed E-state index contributed by atoms with van der Waals surface area (Å²) in [5, 5.41) is 3.77. The molecule has 112 valence electrons. The summed E-state index contributed by atoms with van der Waals surface area (Å²) < 4.78 is 0. The van der Waals surface area contributed by atoms with E-state index >= 15 is 0 Å². The highest BCUT2D eigenvalue weighted by Gasteiger charge is 2.24. The van der Waals surface area contributed by atoms with E-state index in [2.05, 4.69) is 59.4 Å². The van der Waals surface area contributed by atoms with Gasteiger partial charge in [0.1, 0.15) is 0 Å². The number of hydrogen-bond donors (Lipinski definition) is 1. The first-order valence-electron chi connectivity index (χ1n) is 7.64. The number of hydrogen-bond acceptors (Lipinski definition) is 4. The largest absolute Gasteiger partial charge is 0.305 e. The third-order valence-corrected chi connectivity index (χ3v) is 5.30. The minimum Gasteiger partial charge on any atom is -0.305 e. The van der Waals surface area contributed by atoms with Gasteiger partial charge in [-0.15, -0.1) is 11.3 Å². The lowest BCUT2D eigenvalue weighted by atomic mass is 10.2. The Hall–Kier alpha value is -1.23. The minimum absolute atomic E-state index is 0.402. The van der Waals surface area contributed by atoms with Crippen LogP contribution in [0.1, 0.15) is 35.5 Å². The summed E-state index contributed by atoms with van der Waals surface area (Å²) in [6.45, 7) is 7.73. The van der Waals surface area contributed by atoms with Crippen LogP contribution in [-0.4, -0.2) is 29.0 Å². The van der Waals surface area contributed by atoms with E-state index in [1.807, 2.05) is 5.51 Å². The van der Waals surface area contributed by atoms with Crippen molar-refractivity contribution in [3.8, 4) is 0 Å². The van der Waals surface area contributed by atoms with E-state index in [1.165, 1.54) is 29.1 Å². The monoisotopic (exact) mass is 301 g/mol. The van der Waals surface area contributed by atoms with Gasteiger partial charge >= 0.3 is 0 Å². The molecule has 0 aliphatic carbocycles. The van der Waals surface area contributed by atoms with E-state index in [1.54, 1.807) is 11.3 Å². The Morgan fingerprint density at radius 1 is 1.38 bits per heavy atom. The van der Waals surface area contributed by atoms with Gasteiger partial charge in [-0.05, 0) is 25.8 Å². The van der Waals surface area contributed by atoms with Gasteiger partial charge in [-0.3, -0.25) is 4.90 Å². The molecule has 3 rings (SSSR count). The molecule has 0 radical (unpaired) electrons. The first kappa shape index (κ1) is 14.7. The summed E-state index contributed by atoms with van der Waals surface area (Å²) >= 11 is 1.76. The molecule has 0 saturated carbocycles. The van der Waals surface area contributed by atoms with Gasteiger partial charge in [-0.25, -0.2) is 4.98 Å². The second-order valence-corrected chi connectivity index (χ2v) is 6.78. The maximum atomic E-state index is 4.35. The zero-order valence-corrected chi connectivity index (χ0v) is 13.6. The molecule has 2 atom stereocenters. The summed E-state index contributed by atoms with van der Waals surface area (Å²) in [4.78, 5) is 8.26. The minimum atomic E-state index is 0.402. The predicted octanol–water partition coefficient (Wildman–Crippen LogP) is 3.38. The van der Waals surface area contributed by atoms with Crippen LogP contribution >= 0.6 is 11.3 Å². The second kappa shape index (κ2) is 6.69. The van der Waals surface area contributed by atoms with Crippen molar-refractivity contribution in [2.75, 3.05) is 13.1 Å². The van der Waals surface area contributed by atoms with E-state index < -0.39 is 0 Å². The third-order valence-electron chi connectivity index (χ3n) is 4.18. The van der Waals surface area contributed by atoms with Crippen molar-refractivity contribution in [1.82, 2.24) is 15.2 Å². The average molecular weight is 301 g/mol. The van der Waals surface area contributed by atoms with Crippen LogP contribution in [0.15, 0.2) is 35.8 Å². The van der Waals surface area contributed by atoms with Crippen molar-refractivity contribution < 1.29 is 0 Å². The summed E-state index contributed by atoms with van der Waals surface area (Å²) in [5.74, 6) is 0. The molecule has 4 heteroatoms. The summed E-state index contributed by atoms with van der Waals surface area (Å²) in [6, 6.07) is 11.7. The van der Waals surface area contributed by atoms with Gasteiger partial charge in [0.2, 0.25) is 0 Å². The standard InChI is InChI=1S/C17H23N3S/c1-13-17(21-12-18-13)14(2)19-16-8-9-20(11-16)10-15-6-4-3-5-7-15/h3-7,12,14,16,19H,8-11H2,1-2H3. The van der Waals surface area contributed by atoms with Crippen LogP contribution in [0.2, 0.25) is 0 Å². The molecule has 0 amide bonds. The molecular weight excluding hydrogens is 278 g/mol. The van der Waals surface area contributed by atoms with Gasteiger partial charge in [0.05, 0.1) is 11.2 Å². The first-order valence-corrected chi connectivity index (χ1v) is 8.52. The van der Waals surface area contributed by atoms with E-state index in [4.69, 9.17) is 0 Å². The maximum Gasteiger partial charge on any atom is 0.0798 e. The Morgan fingerprint density at radius 3 is 2.90 bits per heavy atom. The molecule has 0 bridgehead atoms. The molecule has 21 heavy (non-hydrogen) atoms. The first-order chi connectivity index (χ1) is 10.2. The SMILES string of the molecule is Cc1ncsc1C(C)NC1CCN(Cc2ccccc2)C1. The predicted molar refractivity (Wildman–Crippen MR) is 88.5 cm³/mol. The van der Waals surface area contributed by atoms with Crippen LogP contribution in [0.25, 0.3) is 0 Å². The van der Waals surface area contributed by atoms with Crippen LogP contribution in [-0.2, 0) is 6.54 Å². The number of thiazole rings is 1. The van der Waals surface area contributed by atoms with Crippen LogP contribution in [0.4, 0.5) is 0 Å². The summed E-state index contributed by atoms with van der Waals surface area (Å²) in [5.41, 5.74) is 4.52. The summed E-state index contributed by atoms with van der Waals surface area (Å²) in [7, 11) is 0. The number of rotatable bonds is 5. The highest BCUT2D eigenvalue weighted by molar-refractivity contribution is 7.09. The fraction of sp³-hybridized carbons (Fsp3) is 0.471. The zero-order valence-electron chi connectivity index (χ0n) is 12.7. The van der Waals surface area contributed by atoms with E-state index in [0.717, 1.165) is 13.1 Å². The molecule has 2 unspecified atom stereocenters. The lowest BCUT2D eigenvalue weighted by Gasteiger charge is -2.20. The Morgan fingerprint density at radius 2 is 2.19 bits per heavy atom. The second-order valence-electron chi connectivity index (χ2n) is 5.90. The van der Waals surface area contributed by atoms with Crippen molar-refractivity contribution in [3.63, 3.8) is 0 Å². The van der Waals surface area contributed by atoms with Gasteiger partial charge in [0, 0.05) is 36.6 Å². The third kappa shape index (κ3) is 3.70. The molecule has 3 nitrogen and oxygen atoms in total. The van der Waals surface area contributed by atoms with Crippen molar-refractivity contribution in [2.24, 2.45) is 0 Å². The van der Waals surface area contributed by atoms with Crippen LogP contribution in [0.3, 0.4) is 0 Å². The summed E-state index contributed by atoms with van der Waals surface area (Å²) in [6.07, 6.45) is 1.23. The van der Waals surface area contributed by atoms with Gasteiger partial charge in [0.25, 0.3) is 0 Å². The van der Waals surface area contributed by atoms with Crippen molar-refractivity contribution >= 4 is 11.3 Å². The lowest BCUT2D eigenvalue weighted by molar-refractivity contribution is 0.316. The van der Waals surface area contributed by atoms with Gasteiger partial charge < -0.3 is 5.32 Å². The van der Waals surface area contributed by atoms with Gasteiger partial charge in [-0.2, -0.15) is 0 Å². The normalized spacial score (nSPS) is 20.8. The molecular formula is C17H23N3S. The zero-order chi connectivity index (χ0) is 14.7. The molecule has 1 N–H and O–H groups in total. The fourth-order valence-corrected chi connectivity index (χ4v) is 3.93. The molecule has 1 fully saturated rings. The van der Waals surface area contributed by atoms with E-state index in [0.29, 0.717) is 12.1 Å².